The molecule has 84 valence electrons. The molecular formula is C11H22O3. The molecule has 0 bridgehead atoms. The summed E-state index contributed by atoms with van der Waals surface area (Å²) in [6.45, 7) is 9.63. The van der Waals surface area contributed by atoms with Gasteiger partial charge < -0.3 is 14.6 Å². The molecule has 0 aliphatic rings. The van der Waals surface area contributed by atoms with Crippen molar-refractivity contribution in [3.63, 3.8) is 0 Å². The maximum absolute atomic E-state index is 8.84. The maximum Gasteiger partial charge on any atom is 0.147 e. The molecule has 1 unspecified atom stereocenters. The van der Waals surface area contributed by atoms with Crippen LogP contribution in [0.4, 0.5) is 0 Å². The van der Waals surface area contributed by atoms with Crippen LogP contribution in [0, 0.1) is 0 Å². The molecule has 0 saturated carbocycles. The quantitative estimate of drug-likeness (QED) is 0.529. The summed E-state index contributed by atoms with van der Waals surface area (Å²) in [5.74, 6) is 0. The standard InChI is InChI=1S/C9H16O3.C2H6/c1-4-8(2)5-9(6-10)12-7-11-3;1-2/h4-5,9-10H,1,6-7H2,2-3H3;1-2H3/b8-5+;. The number of methoxy groups -OCH3 is 1. The van der Waals surface area contributed by atoms with E-state index in [1.807, 2.05) is 20.8 Å². The van der Waals surface area contributed by atoms with E-state index in [0.717, 1.165) is 5.57 Å². The second-order valence-electron chi connectivity index (χ2n) is 2.41. The van der Waals surface area contributed by atoms with Gasteiger partial charge in [-0.05, 0) is 6.92 Å². The van der Waals surface area contributed by atoms with Crippen molar-refractivity contribution in [1.29, 1.82) is 0 Å². The van der Waals surface area contributed by atoms with Crippen molar-refractivity contribution in [1.82, 2.24) is 0 Å². The predicted molar refractivity (Wildman–Crippen MR) is 59.1 cm³/mol. The van der Waals surface area contributed by atoms with Crippen LogP contribution in [0.15, 0.2) is 24.3 Å². The molecule has 0 aromatic carbocycles. The molecule has 1 N–H and O–H groups in total. The first-order valence-electron chi connectivity index (χ1n) is 4.76. The van der Waals surface area contributed by atoms with E-state index in [0.29, 0.717) is 0 Å². The number of hydrogen-bond donors (Lipinski definition) is 1. The molecule has 3 nitrogen and oxygen atoms in total. The predicted octanol–water partition coefficient (Wildman–Crippen LogP) is 2.13. The third-order valence-corrected chi connectivity index (χ3v) is 1.35. The molecule has 0 heterocycles. The highest BCUT2D eigenvalue weighted by Crippen LogP contribution is 2.00. The Labute approximate surface area is 87.0 Å². The third-order valence-electron chi connectivity index (χ3n) is 1.35. The highest BCUT2D eigenvalue weighted by atomic mass is 16.7. The van der Waals surface area contributed by atoms with E-state index in [-0.39, 0.29) is 19.5 Å². The van der Waals surface area contributed by atoms with Crippen molar-refractivity contribution >= 4 is 0 Å². The second-order valence-corrected chi connectivity index (χ2v) is 2.41. The van der Waals surface area contributed by atoms with E-state index in [1.54, 1.807) is 19.3 Å². The minimum atomic E-state index is -0.303. The third kappa shape index (κ3) is 9.45. The SMILES string of the molecule is C=C/C(C)=C/C(CO)OCOC.CC. The van der Waals surface area contributed by atoms with Crippen LogP contribution in [0.5, 0.6) is 0 Å². The van der Waals surface area contributed by atoms with Crippen molar-refractivity contribution in [2.45, 2.75) is 26.9 Å². The Morgan fingerprint density at radius 1 is 1.50 bits per heavy atom. The number of hydrogen-bond acceptors (Lipinski definition) is 3. The molecule has 0 spiro atoms. The lowest BCUT2D eigenvalue weighted by atomic mass is 10.2. The summed E-state index contributed by atoms with van der Waals surface area (Å²) >= 11 is 0. The molecule has 0 aliphatic heterocycles. The van der Waals surface area contributed by atoms with Gasteiger partial charge in [0.15, 0.2) is 0 Å². The van der Waals surface area contributed by atoms with Gasteiger partial charge in [-0.3, -0.25) is 0 Å². The minimum Gasteiger partial charge on any atom is -0.393 e. The molecule has 0 rings (SSSR count). The van der Waals surface area contributed by atoms with Crippen LogP contribution in [0.2, 0.25) is 0 Å². The lowest BCUT2D eigenvalue weighted by Gasteiger charge is -2.10. The maximum atomic E-state index is 8.84. The summed E-state index contributed by atoms with van der Waals surface area (Å²) in [5.41, 5.74) is 0.977. The first-order valence-corrected chi connectivity index (χ1v) is 4.76. The first kappa shape index (κ1) is 15.8. The highest BCUT2D eigenvalue weighted by Gasteiger charge is 2.02. The van der Waals surface area contributed by atoms with Gasteiger partial charge in [0.2, 0.25) is 0 Å². The second kappa shape index (κ2) is 12.4. The fourth-order valence-corrected chi connectivity index (χ4v) is 0.670. The highest BCUT2D eigenvalue weighted by molar-refractivity contribution is 5.14. The van der Waals surface area contributed by atoms with Gasteiger partial charge >= 0.3 is 0 Å². The van der Waals surface area contributed by atoms with Crippen molar-refractivity contribution in [3.05, 3.63) is 24.3 Å². The van der Waals surface area contributed by atoms with Crippen LogP contribution in [0.1, 0.15) is 20.8 Å². The Hall–Kier alpha value is -0.640. The summed E-state index contributed by atoms with van der Waals surface area (Å²) < 4.78 is 9.82. The van der Waals surface area contributed by atoms with Gasteiger partial charge in [-0.1, -0.05) is 38.2 Å². The number of aliphatic hydroxyl groups is 1. The monoisotopic (exact) mass is 202 g/mol. The number of aliphatic hydroxyl groups excluding tert-OH is 1. The molecule has 1 atom stereocenters. The van der Waals surface area contributed by atoms with Gasteiger partial charge in [-0.25, -0.2) is 0 Å². The molecule has 0 radical (unpaired) electrons. The Morgan fingerprint density at radius 2 is 2.07 bits per heavy atom. The molecule has 0 amide bonds. The smallest absolute Gasteiger partial charge is 0.147 e. The molecule has 0 aliphatic carbocycles. The minimum absolute atomic E-state index is 0.0471. The zero-order valence-electron chi connectivity index (χ0n) is 9.62. The van der Waals surface area contributed by atoms with E-state index < -0.39 is 0 Å². The fraction of sp³-hybridized carbons (Fsp3) is 0.636. The number of ether oxygens (including phenoxy) is 2. The van der Waals surface area contributed by atoms with E-state index in [1.165, 1.54) is 0 Å². The normalized spacial score (nSPS) is 12.8. The van der Waals surface area contributed by atoms with E-state index in [9.17, 15) is 0 Å². The summed E-state index contributed by atoms with van der Waals surface area (Å²) in [6.07, 6.45) is 3.20. The van der Waals surface area contributed by atoms with Crippen LogP contribution >= 0.6 is 0 Å². The van der Waals surface area contributed by atoms with Gasteiger partial charge in [0.25, 0.3) is 0 Å². The molecular weight excluding hydrogens is 180 g/mol. The molecule has 14 heavy (non-hydrogen) atoms. The lowest BCUT2D eigenvalue weighted by molar-refractivity contribution is -0.0695. The van der Waals surface area contributed by atoms with Crippen molar-refractivity contribution in [2.24, 2.45) is 0 Å². The van der Waals surface area contributed by atoms with Gasteiger partial charge in [0, 0.05) is 7.11 Å². The summed E-state index contributed by atoms with van der Waals surface area (Å²) in [7, 11) is 1.54. The van der Waals surface area contributed by atoms with E-state index >= 15 is 0 Å². The topological polar surface area (TPSA) is 38.7 Å². The van der Waals surface area contributed by atoms with Crippen molar-refractivity contribution in [2.75, 3.05) is 20.5 Å². The molecule has 0 saturated heterocycles. The molecule has 0 aromatic heterocycles. The zero-order chi connectivity index (χ0) is 11.4. The van der Waals surface area contributed by atoms with Gasteiger partial charge in [0.05, 0.1) is 6.61 Å². The molecule has 3 heteroatoms. The Morgan fingerprint density at radius 3 is 2.43 bits per heavy atom. The van der Waals surface area contributed by atoms with Gasteiger partial charge in [-0.2, -0.15) is 0 Å². The van der Waals surface area contributed by atoms with Crippen LogP contribution in [-0.4, -0.2) is 31.7 Å². The average molecular weight is 202 g/mol. The zero-order valence-corrected chi connectivity index (χ0v) is 9.62. The van der Waals surface area contributed by atoms with Crippen molar-refractivity contribution in [3.8, 4) is 0 Å². The van der Waals surface area contributed by atoms with Crippen LogP contribution in [0.25, 0.3) is 0 Å². The van der Waals surface area contributed by atoms with Gasteiger partial charge in [0.1, 0.15) is 12.9 Å². The number of rotatable bonds is 6. The summed E-state index contributed by atoms with van der Waals surface area (Å²) in [5, 5.41) is 8.84. The lowest BCUT2D eigenvalue weighted by Crippen LogP contribution is -2.16. The molecule has 0 aromatic rings. The van der Waals surface area contributed by atoms with Crippen LogP contribution < -0.4 is 0 Å². The van der Waals surface area contributed by atoms with E-state index in [4.69, 9.17) is 14.6 Å². The van der Waals surface area contributed by atoms with Crippen LogP contribution in [0.3, 0.4) is 0 Å². The van der Waals surface area contributed by atoms with Gasteiger partial charge in [-0.15, -0.1) is 0 Å². The number of allylic oxidation sites excluding steroid dienone is 2. The van der Waals surface area contributed by atoms with E-state index in [2.05, 4.69) is 6.58 Å². The summed E-state index contributed by atoms with van der Waals surface area (Å²) in [4.78, 5) is 0. The Kier molecular flexibility index (Phi) is 14.0. The largest absolute Gasteiger partial charge is 0.393 e. The Balaban J connectivity index is 0. The Bertz CT molecular complexity index is 153. The summed E-state index contributed by atoms with van der Waals surface area (Å²) in [6, 6.07) is 0. The average Bonchev–Trinajstić information content (AvgIpc) is 2.26. The van der Waals surface area contributed by atoms with Crippen molar-refractivity contribution < 1.29 is 14.6 Å². The fourth-order valence-electron chi connectivity index (χ4n) is 0.670. The first-order chi connectivity index (χ1) is 6.74. The molecule has 0 fully saturated rings. The van der Waals surface area contributed by atoms with Crippen LogP contribution in [-0.2, 0) is 9.47 Å².